The van der Waals surface area contributed by atoms with Crippen LogP contribution in [-0.2, 0) is 14.3 Å². The number of hydrogen-bond acceptors (Lipinski definition) is 3. The molecule has 0 saturated carbocycles. The Hall–Kier alpha value is -0.910. The Balaban J connectivity index is 3.82. The standard InChI is InChI=1S/C17H33NO4/c1-5-6-7-8-9-10-11-12-22-15-16(21-4)13-18(2,3)14-17(19)20/h10-11,16H,5-9,12-15H2,1-4H3/p+1/b11-10+. The predicted octanol–water partition coefficient (Wildman–Crippen LogP) is 2.71. The van der Waals surface area contributed by atoms with E-state index in [0.717, 1.165) is 6.42 Å². The lowest BCUT2D eigenvalue weighted by Gasteiger charge is -2.31. The third kappa shape index (κ3) is 12.8. The minimum absolute atomic E-state index is 0.0809. The van der Waals surface area contributed by atoms with Gasteiger partial charge in [-0.2, -0.15) is 0 Å². The molecule has 0 rings (SSSR count). The van der Waals surface area contributed by atoms with E-state index in [1.807, 2.05) is 14.1 Å². The Morgan fingerprint density at radius 3 is 2.55 bits per heavy atom. The maximum atomic E-state index is 10.8. The molecule has 0 aliphatic heterocycles. The highest BCUT2D eigenvalue weighted by Gasteiger charge is 2.24. The molecule has 0 aliphatic rings. The normalized spacial score (nSPS) is 13.6. The van der Waals surface area contributed by atoms with Crippen LogP contribution in [0, 0.1) is 0 Å². The van der Waals surface area contributed by atoms with Crippen LogP contribution in [0.5, 0.6) is 0 Å². The van der Waals surface area contributed by atoms with Crippen LogP contribution in [0.25, 0.3) is 0 Å². The number of allylic oxidation sites excluding steroid dienone is 1. The number of carboxylic acid groups (broad SMARTS) is 1. The van der Waals surface area contributed by atoms with Crippen molar-refractivity contribution in [3.8, 4) is 0 Å². The van der Waals surface area contributed by atoms with Crippen molar-refractivity contribution in [1.82, 2.24) is 0 Å². The third-order valence-electron chi connectivity index (χ3n) is 3.50. The van der Waals surface area contributed by atoms with Gasteiger partial charge in [0.15, 0.2) is 6.54 Å². The van der Waals surface area contributed by atoms with Crippen molar-refractivity contribution in [1.29, 1.82) is 0 Å². The molecule has 0 aliphatic carbocycles. The largest absolute Gasteiger partial charge is 0.477 e. The van der Waals surface area contributed by atoms with Gasteiger partial charge in [-0.1, -0.05) is 38.3 Å². The van der Waals surface area contributed by atoms with E-state index in [0.29, 0.717) is 24.2 Å². The molecule has 0 spiro atoms. The van der Waals surface area contributed by atoms with Gasteiger partial charge in [-0.05, 0) is 12.8 Å². The summed E-state index contributed by atoms with van der Waals surface area (Å²) in [5, 5.41) is 8.89. The van der Waals surface area contributed by atoms with Crippen molar-refractivity contribution >= 4 is 5.97 Å². The van der Waals surface area contributed by atoms with Crippen LogP contribution in [0.15, 0.2) is 12.2 Å². The fraction of sp³-hybridized carbons (Fsp3) is 0.824. The summed E-state index contributed by atoms with van der Waals surface area (Å²) >= 11 is 0. The second-order valence-electron chi connectivity index (χ2n) is 6.39. The van der Waals surface area contributed by atoms with E-state index >= 15 is 0 Å². The van der Waals surface area contributed by atoms with Crippen molar-refractivity contribution in [2.45, 2.75) is 45.1 Å². The Kier molecular flexibility index (Phi) is 12.1. The van der Waals surface area contributed by atoms with Crippen LogP contribution < -0.4 is 0 Å². The maximum Gasteiger partial charge on any atom is 0.359 e. The quantitative estimate of drug-likeness (QED) is 0.304. The zero-order chi connectivity index (χ0) is 16.8. The topological polar surface area (TPSA) is 55.8 Å². The Bertz CT molecular complexity index is 316. The molecule has 1 N–H and O–H groups in total. The van der Waals surface area contributed by atoms with Gasteiger partial charge in [-0.25, -0.2) is 4.79 Å². The minimum Gasteiger partial charge on any atom is -0.477 e. The fourth-order valence-corrected chi connectivity index (χ4v) is 2.32. The molecule has 0 aromatic rings. The molecule has 0 saturated heterocycles. The van der Waals surface area contributed by atoms with Crippen LogP contribution in [0.2, 0.25) is 0 Å². The Morgan fingerprint density at radius 2 is 1.95 bits per heavy atom. The minimum atomic E-state index is -0.799. The first-order valence-electron chi connectivity index (χ1n) is 8.20. The van der Waals surface area contributed by atoms with Crippen molar-refractivity contribution < 1.29 is 23.9 Å². The number of aliphatic carboxylic acids is 1. The van der Waals surface area contributed by atoms with Crippen LogP contribution in [0.1, 0.15) is 39.0 Å². The van der Waals surface area contributed by atoms with E-state index in [2.05, 4.69) is 19.1 Å². The molecular weight excluding hydrogens is 282 g/mol. The number of unbranched alkanes of at least 4 members (excludes halogenated alkanes) is 4. The third-order valence-corrected chi connectivity index (χ3v) is 3.50. The van der Waals surface area contributed by atoms with Crippen LogP contribution >= 0.6 is 0 Å². The van der Waals surface area contributed by atoms with Crippen molar-refractivity contribution in [3.63, 3.8) is 0 Å². The van der Waals surface area contributed by atoms with E-state index < -0.39 is 5.97 Å². The van der Waals surface area contributed by atoms with Crippen LogP contribution in [-0.4, -0.2) is 69.2 Å². The SMILES string of the molecule is CCCCCC/C=C/COCC(C[N+](C)(C)CC(=O)O)OC. The zero-order valence-electron chi connectivity index (χ0n) is 14.7. The first-order chi connectivity index (χ1) is 10.4. The average molecular weight is 316 g/mol. The molecule has 0 fully saturated rings. The van der Waals surface area contributed by atoms with Crippen molar-refractivity contribution in [3.05, 3.63) is 12.2 Å². The lowest BCUT2D eigenvalue weighted by Crippen LogP contribution is -2.49. The number of likely N-dealkylation sites (N-methyl/N-ethyl adjacent to an activating group) is 1. The number of ether oxygens (including phenoxy) is 2. The molecule has 0 heterocycles. The predicted molar refractivity (Wildman–Crippen MR) is 89.0 cm³/mol. The summed E-state index contributed by atoms with van der Waals surface area (Å²) in [6.45, 7) is 3.98. The average Bonchev–Trinajstić information content (AvgIpc) is 2.42. The number of carboxylic acids is 1. The van der Waals surface area contributed by atoms with Gasteiger partial charge in [0.2, 0.25) is 0 Å². The molecule has 5 heteroatoms. The highest BCUT2D eigenvalue weighted by Crippen LogP contribution is 2.04. The van der Waals surface area contributed by atoms with E-state index in [4.69, 9.17) is 14.6 Å². The first-order valence-corrected chi connectivity index (χ1v) is 8.20. The van der Waals surface area contributed by atoms with Crippen molar-refractivity contribution in [2.24, 2.45) is 0 Å². The molecule has 5 nitrogen and oxygen atoms in total. The number of methoxy groups -OCH3 is 1. The lowest BCUT2D eigenvalue weighted by atomic mass is 10.1. The molecule has 1 atom stereocenters. The Labute approximate surface area is 135 Å². The maximum absolute atomic E-state index is 10.8. The van der Waals surface area contributed by atoms with Gasteiger partial charge < -0.3 is 19.1 Å². The van der Waals surface area contributed by atoms with E-state index in [1.165, 1.54) is 25.7 Å². The monoisotopic (exact) mass is 316 g/mol. The molecule has 0 amide bonds. The highest BCUT2D eigenvalue weighted by atomic mass is 16.5. The van der Waals surface area contributed by atoms with E-state index in [9.17, 15) is 4.79 Å². The van der Waals surface area contributed by atoms with Gasteiger partial charge in [-0.3, -0.25) is 0 Å². The molecule has 130 valence electrons. The van der Waals surface area contributed by atoms with Crippen LogP contribution in [0.4, 0.5) is 0 Å². The molecule has 0 radical (unpaired) electrons. The number of carbonyl (C=O) groups is 1. The van der Waals surface area contributed by atoms with Gasteiger partial charge in [0.25, 0.3) is 0 Å². The number of rotatable bonds is 14. The van der Waals surface area contributed by atoms with Gasteiger partial charge in [-0.15, -0.1) is 0 Å². The second kappa shape index (κ2) is 12.6. The molecule has 1 unspecified atom stereocenters. The fourth-order valence-electron chi connectivity index (χ4n) is 2.32. The highest BCUT2D eigenvalue weighted by molar-refractivity contribution is 5.67. The molecular formula is C17H34NO4+. The van der Waals surface area contributed by atoms with Crippen molar-refractivity contribution in [2.75, 3.05) is 47.5 Å². The number of hydrogen-bond donors (Lipinski definition) is 1. The first kappa shape index (κ1) is 21.1. The number of quaternary nitrogens is 1. The Morgan fingerprint density at radius 1 is 1.23 bits per heavy atom. The summed E-state index contributed by atoms with van der Waals surface area (Å²) in [7, 11) is 5.41. The molecule has 0 aromatic carbocycles. The summed E-state index contributed by atoms with van der Waals surface area (Å²) in [5.74, 6) is -0.799. The zero-order valence-corrected chi connectivity index (χ0v) is 14.7. The van der Waals surface area contributed by atoms with Gasteiger partial charge in [0.1, 0.15) is 12.6 Å². The molecule has 0 bridgehead atoms. The number of nitrogens with zero attached hydrogens (tertiary/aromatic N) is 1. The van der Waals surface area contributed by atoms with Crippen LogP contribution in [0.3, 0.4) is 0 Å². The lowest BCUT2D eigenvalue weighted by molar-refractivity contribution is -0.886. The summed E-state index contributed by atoms with van der Waals surface area (Å²) in [5.41, 5.74) is 0. The summed E-state index contributed by atoms with van der Waals surface area (Å²) < 4.78 is 11.4. The molecule has 22 heavy (non-hydrogen) atoms. The van der Waals surface area contributed by atoms with Gasteiger partial charge in [0.05, 0.1) is 27.3 Å². The molecule has 0 aromatic heterocycles. The smallest absolute Gasteiger partial charge is 0.359 e. The summed E-state index contributed by atoms with van der Waals surface area (Å²) in [6.07, 6.45) is 10.4. The van der Waals surface area contributed by atoms with E-state index in [-0.39, 0.29) is 12.6 Å². The van der Waals surface area contributed by atoms with Gasteiger partial charge in [0, 0.05) is 7.11 Å². The van der Waals surface area contributed by atoms with E-state index in [1.54, 1.807) is 7.11 Å². The van der Waals surface area contributed by atoms with Gasteiger partial charge >= 0.3 is 5.97 Å². The second-order valence-corrected chi connectivity index (χ2v) is 6.39. The summed E-state index contributed by atoms with van der Waals surface area (Å²) in [4.78, 5) is 10.8. The summed E-state index contributed by atoms with van der Waals surface area (Å²) in [6, 6.07) is 0.